The Hall–Kier alpha value is -1.51. The molecule has 1 fully saturated rings. The Morgan fingerprint density at radius 3 is 2.88 bits per heavy atom. The third-order valence-electron chi connectivity index (χ3n) is 3.65. The summed E-state index contributed by atoms with van der Waals surface area (Å²) in [4.78, 5) is 0. The Balaban J connectivity index is 2.12. The van der Waals surface area contributed by atoms with E-state index in [-0.39, 0.29) is 0 Å². The molecule has 0 aromatic carbocycles. The van der Waals surface area contributed by atoms with Crippen molar-refractivity contribution in [3.05, 3.63) is 30.1 Å². The van der Waals surface area contributed by atoms with Gasteiger partial charge in [0.25, 0.3) is 0 Å². The fourth-order valence-electron chi connectivity index (χ4n) is 2.86. The standard InChI is InChI=1S/C13H17N3/c14-11-9-15-16-8-4-7-12(16)13(11)10-5-2-1-3-6-10/h4,7-10H,1-3,5-6,14H2. The van der Waals surface area contributed by atoms with E-state index in [4.69, 9.17) is 5.73 Å². The monoisotopic (exact) mass is 215 g/mol. The first-order chi connectivity index (χ1) is 7.86. The molecule has 0 bridgehead atoms. The van der Waals surface area contributed by atoms with Gasteiger partial charge in [0.1, 0.15) is 0 Å². The molecule has 2 aromatic rings. The second-order valence-corrected chi connectivity index (χ2v) is 4.69. The molecule has 2 heterocycles. The zero-order valence-electron chi connectivity index (χ0n) is 9.39. The molecule has 3 heteroatoms. The summed E-state index contributed by atoms with van der Waals surface area (Å²) < 4.78 is 1.93. The average molecular weight is 215 g/mol. The number of nitrogens with zero attached hydrogens (tertiary/aromatic N) is 2. The predicted octanol–water partition coefficient (Wildman–Crippen LogP) is 2.96. The van der Waals surface area contributed by atoms with E-state index in [2.05, 4.69) is 11.2 Å². The van der Waals surface area contributed by atoms with Gasteiger partial charge in [-0.1, -0.05) is 19.3 Å². The largest absolute Gasteiger partial charge is 0.397 e. The highest BCUT2D eigenvalue weighted by Crippen LogP contribution is 2.37. The average Bonchev–Trinajstić information content (AvgIpc) is 2.78. The van der Waals surface area contributed by atoms with Gasteiger partial charge in [-0.2, -0.15) is 5.10 Å². The third kappa shape index (κ3) is 1.47. The van der Waals surface area contributed by atoms with E-state index in [0.717, 1.165) is 5.69 Å². The van der Waals surface area contributed by atoms with Crippen LogP contribution in [0.4, 0.5) is 5.69 Å². The topological polar surface area (TPSA) is 43.3 Å². The van der Waals surface area contributed by atoms with Crippen LogP contribution in [0.1, 0.15) is 43.6 Å². The van der Waals surface area contributed by atoms with Crippen LogP contribution in [0.5, 0.6) is 0 Å². The molecule has 84 valence electrons. The van der Waals surface area contributed by atoms with Crippen LogP contribution >= 0.6 is 0 Å². The van der Waals surface area contributed by atoms with Gasteiger partial charge in [0, 0.05) is 11.8 Å². The van der Waals surface area contributed by atoms with Crippen molar-refractivity contribution in [3.63, 3.8) is 0 Å². The molecule has 1 saturated carbocycles. The summed E-state index contributed by atoms with van der Waals surface area (Å²) >= 11 is 0. The molecule has 0 spiro atoms. The number of anilines is 1. The van der Waals surface area contributed by atoms with Gasteiger partial charge in [-0.05, 0) is 30.9 Å². The molecule has 0 aliphatic heterocycles. The van der Waals surface area contributed by atoms with Crippen molar-refractivity contribution in [3.8, 4) is 0 Å². The number of nitrogen functional groups attached to an aromatic ring is 1. The van der Waals surface area contributed by atoms with Crippen LogP contribution in [-0.4, -0.2) is 9.61 Å². The Morgan fingerprint density at radius 2 is 2.06 bits per heavy atom. The molecule has 3 nitrogen and oxygen atoms in total. The SMILES string of the molecule is Nc1cnn2cccc2c1C1CCCCC1. The minimum absolute atomic E-state index is 0.633. The minimum atomic E-state index is 0.633. The highest BCUT2D eigenvalue weighted by molar-refractivity contribution is 5.66. The van der Waals surface area contributed by atoms with E-state index in [1.54, 1.807) is 6.20 Å². The van der Waals surface area contributed by atoms with Crippen LogP contribution in [0.25, 0.3) is 5.52 Å². The van der Waals surface area contributed by atoms with Crippen molar-refractivity contribution < 1.29 is 0 Å². The van der Waals surface area contributed by atoms with Crippen molar-refractivity contribution in [2.75, 3.05) is 5.73 Å². The minimum Gasteiger partial charge on any atom is -0.397 e. The molecular formula is C13H17N3. The maximum atomic E-state index is 6.10. The van der Waals surface area contributed by atoms with Gasteiger partial charge in [-0.3, -0.25) is 0 Å². The van der Waals surface area contributed by atoms with E-state index >= 15 is 0 Å². The zero-order valence-corrected chi connectivity index (χ0v) is 9.39. The van der Waals surface area contributed by atoms with Gasteiger partial charge in [-0.15, -0.1) is 0 Å². The number of hydrogen-bond acceptors (Lipinski definition) is 2. The normalized spacial score (nSPS) is 18.0. The molecule has 2 aromatic heterocycles. The van der Waals surface area contributed by atoms with E-state index in [1.165, 1.54) is 43.2 Å². The zero-order chi connectivity index (χ0) is 11.0. The highest BCUT2D eigenvalue weighted by atomic mass is 15.2. The maximum absolute atomic E-state index is 6.10. The molecule has 2 N–H and O–H groups in total. The molecule has 1 aliphatic carbocycles. The smallest absolute Gasteiger partial charge is 0.0712 e. The van der Waals surface area contributed by atoms with Crippen LogP contribution in [0.15, 0.2) is 24.5 Å². The molecule has 1 aliphatic rings. The van der Waals surface area contributed by atoms with E-state index in [1.807, 2.05) is 16.8 Å². The highest BCUT2D eigenvalue weighted by Gasteiger charge is 2.20. The van der Waals surface area contributed by atoms with E-state index in [0.29, 0.717) is 5.92 Å². The van der Waals surface area contributed by atoms with Gasteiger partial charge in [0.15, 0.2) is 0 Å². The second-order valence-electron chi connectivity index (χ2n) is 4.69. The molecule has 0 radical (unpaired) electrons. The van der Waals surface area contributed by atoms with Gasteiger partial charge < -0.3 is 5.73 Å². The first-order valence-corrected chi connectivity index (χ1v) is 6.08. The van der Waals surface area contributed by atoms with E-state index in [9.17, 15) is 0 Å². The first-order valence-electron chi connectivity index (χ1n) is 6.08. The van der Waals surface area contributed by atoms with Crippen LogP contribution < -0.4 is 5.73 Å². The van der Waals surface area contributed by atoms with Crippen molar-refractivity contribution in [2.45, 2.75) is 38.0 Å². The van der Waals surface area contributed by atoms with Gasteiger partial charge in [0.2, 0.25) is 0 Å². The number of rotatable bonds is 1. The molecule has 0 amide bonds. The first kappa shape index (κ1) is 9.70. The molecule has 16 heavy (non-hydrogen) atoms. The molecule has 0 atom stereocenters. The van der Waals surface area contributed by atoms with E-state index < -0.39 is 0 Å². The Morgan fingerprint density at radius 1 is 1.25 bits per heavy atom. The fraction of sp³-hybridized carbons (Fsp3) is 0.462. The predicted molar refractivity (Wildman–Crippen MR) is 65.4 cm³/mol. The quantitative estimate of drug-likeness (QED) is 0.794. The second kappa shape index (κ2) is 3.81. The van der Waals surface area contributed by atoms with Gasteiger partial charge in [0.05, 0.1) is 17.4 Å². The Labute approximate surface area is 95.3 Å². The summed E-state index contributed by atoms with van der Waals surface area (Å²) in [6.45, 7) is 0. The van der Waals surface area contributed by atoms with Crippen LogP contribution in [0, 0.1) is 0 Å². The maximum Gasteiger partial charge on any atom is 0.0712 e. The van der Waals surface area contributed by atoms with Crippen LogP contribution in [-0.2, 0) is 0 Å². The summed E-state index contributed by atoms with van der Waals surface area (Å²) in [5.41, 5.74) is 9.47. The summed E-state index contributed by atoms with van der Waals surface area (Å²) in [5, 5.41) is 4.29. The number of fused-ring (bicyclic) bond motifs is 1. The number of aromatic nitrogens is 2. The lowest BCUT2D eigenvalue weighted by molar-refractivity contribution is 0.445. The molecule has 3 rings (SSSR count). The molecule has 0 saturated heterocycles. The third-order valence-corrected chi connectivity index (χ3v) is 3.65. The summed E-state index contributed by atoms with van der Waals surface area (Å²) in [6.07, 6.45) is 10.4. The van der Waals surface area contributed by atoms with Gasteiger partial charge in [-0.25, -0.2) is 4.52 Å². The summed E-state index contributed by atoms with van der Waals surface area (Å²) in [5.74, 6) is 0.633. The van der Waals surface area contributed by atoms with Crippen molar-refractivity contribution >= 4 is 11.2 Å². The Kier molecular flexibility index (Phi) is 2.31. The van der Waals surface area contributed by atoms with Crippen molar-refractivity contribution in [1.29, 1.82) is 0 Å². The Bertz CT molecular complexity index is 495. The van der Waals surface area contributed by atoms with Crippen LogP contribution in [0.2, 0.25) is 0 Å². The number of nitrogens with two attached hydrogens (primary N) is 1. The summed E-state index contributed by atoms with van der Waals surface area (Å²) in [6, 6.07) is 4.15. The lowest BCUT2D eigenvalue weighted by atomic mass is 9.83. The lowest BCUT2D eigenvalue weighted by Crippen LogP contribution is -2.10. The van der Waals surface area contributed by atoms with Gasteiger partial charge >= 0.3 is 0 Å². The summed E-state index contributed by atoms with van der Waals surface area (Å²) in [7, 11) is 0. The van der Waals surface area contributed by atoms with Crippen LogP contribution in [0.3, 0.4) is 0 Å². The molecular weight excluding hydrogens is 198 g/mol. The van der Waals surface area contributed by atoms with Crippen molar-refractivity contribution in [2.24, 2.45) is 0 Å². The van der Waals surface area contributed by atoms with Crippen molar-refractivity contribution in [1.82, 2.24) is 9.61 Å². The lowest BCUT2D eigenvalue weighted by Gasteiger charge is -2.23. The number of hydrogen-bond donors (Lipinski definition) is 1. The fourth-order valence-corrected chi connectivity index (χ4v) is 2.86. The molecule has 0 unspecified atom stereocenters.